The van der Waals surface area contributed by atoms with E-state index in [2.05, 4.69) is 5.32 Å². The van der Waals surface area contributed by atoms with Gasteiger partial charge >= 0.3 is 0 Å². The molecule has 0 heterocycles. The van der Waals surface area contributed by atoms with Crippen LogP contribution in [0.4, 0.5) is 8.78 Å². The van der Waals surface area contributed by atoms with E-state index >= 15 is 0 Å². The van der Waals surface area contributed by atoms with E-state index in [4.69, 9.17) is 14.2 Å². The van der Waals surface area contributed by atoms with Crippen LogP contribution < -0.4 is 19.5 Å². The van der Waals surface area contributed by atoms with Gasteiger partial charge in [-0.25, -0.2) is 8.78 Å². The zero-order valence-corrected chi connectivity index (χ0v) is 15.8. The second-order valence-electron chi connectivity index (χ2n) is 5.62. The Kier molecular flexibility index (Phi) is 8.27. The maximum absolute atomic E-state index is 13.1. The first-order valence-corrected chi connectivity index (χ1v) is 8.97. The smallest absolute Gasteiger partial charge is 0.244 e. The van der Waals surface area contributed by atoms with Gasteiger partial charge in [0.25, 0.3) is 0 Å². The molecule has 1 N–H and O–H groups in total. The van der Waals surface area contributed by atoms with Gasteiger partial charge in [-0.2, -0.15) is 0 Å². The molecule has 0 unspecified atom stereocenters. The summed E-state index contributed by atoms with van der Waals surface area (Å²) in [6.45, 7) is 5.16. The zero-order chi connectivity index (χ0) is 20.4. The number of halogens is 2. The van der Waals surface area contributed by atoms with E-state index in [1.165, 1.54) is 12.1 Å². The van der Waals surface area contributed by atoms with Crippen molar-refractivity contribution in [3.63, 3.8) is 0 Å². The highest BCUT2D eigenvalue weighted by Gasteiger charge is 2.06. The number of carbonyl (C=O) groups excluding carboxylic acids is 1. The lowest BCUT2D eigenvalue weighted by Gasteiger charge is -2.11. The van der Waals surface area contributed by atoms with E-state index in [0.717, 1.165) is 17.7 Å². The van der Waals surface area contributed by atoms with Crippen molar-refractivity contribution in [2.24, 2.45) is 0 Å². The third-order valence-electron chi connectivity index (χ3n) is 3.56. The summed E-state index contributed by atoms with van der Waals surface area (Å²) in [4.78, 5) is 11.9. The molecule has 0 saturated carbocycles. The van der Waals surface area contributed by atoms with Crippen LogP contribution in [0.15, 0.2) is 42.5 Å². The number of benzene rings is 2. The average Bonchev–Trinajstić information content (AvgIpc) is 2.68. The highest BCUT2D eigenvalue weighted by atomic mass is 19.2. The standard InChI is InChI=1S/C21H23F2NO4/c1-3-26-19-9-5-15(13-20(19)27-4-2)6-10-21(25)24-11-12-28-16-7-8-17(22)18(23)14-16/h5-10,13-14H,3-4,11-12H2,1-2H3,(H,24,25)/b10-6+. The Morgan fingerprint density at radius 3 is 2.43 bits per heavy atom. The van der Waals surface area contributed by atoms with Crippen molar-refractivity contribution in [1.82, 2.24) is 5.32 Å². The minimum Gasteiger partial charge on any atom is -0.492 e. The average molecular weight is 391 g/mol. The van der Waals surface area contributed by atoms with Crippen molar-refractivity contribution in [3.05, 3.63) is 59.7 Å². The molecule has 2 rings (SSSR count). The summed E-state index contributed by atoms with van der Waals surface area (Å²) in [5, 5.41) is 2.65. The summed E-state index contributed by atoms with van der Waals surface area (Å²) in [5.74, 6) is -0.756. The Balaban J connectivity index is 1.82. The zero-order valence-electron chi connectivity index (χ0n) is 15.8. The van der Waals surface area contributed by atoms with Crippen LogP contribution in [0.1, 0.15) is 19.4 Å². The summed E-state index contributed by atoms with van der Waals surface area (Å²) < 4.78 is 42.2. The lowest BCUT2D eigenvalue weighted by molar-refractivity contribution is -0.116. The molecule has 1 amide bonds. The number of rotatable bonds is 10. The number of hydrogen-bond acceptors (Lipinski definition) is 4. The highest BCUT2D eigenvalue weighted by molar-refractivity contribution is 5.91. The Labute approximate surface area is 162 Å². The molecule has 2 aromatic carbocycles. The molecule has 0 aliphatic heterocycles. The van der Waals surface area contributed by atoms with Crippen LogP contribution in [0.2, 0.25) is 0 Å². The van der Waals surface area contributed by atoms with Gasteiger partial charge in [0.15, 0.2) is 23.1 Å². The lowest BCUT2D eigenvalue weighted by Crippen LogP contribution is -2.26. The third-order valence-corrected chi connectivity index (χ3v) is 3.56. The number of nitrogens with one attached hydrogen (secondary N) is 1. The van der Waals surface area contributed by atoms with Crippen molar-refractivity contribution in [2.45, 2.75) is 13.8 Å². The van der Waals surface area contributed by atoms with Crippen LogP contribution >= 0.6 is 0 Å². The van der Waals surface area contributed by atoms with Crippen molar-refractivity contribution in [3.8, 4) is 17.2 Å². The molecule has 5 nitrogen and oxygen atoms in total. The van der Waals surface area contributed by atoms with Gasteiger partial charge < -0.3 is 19.5 Å². The predicted molar refractivity (Wildman–Crippen MR) is 103 cm³/mol. The maximum Gasteiger partial charge on any atom is 0.244 e. The normalized spacial score (nSPS) is 10.7. The van der Waals surface area contributed by atoms with Crippen LogP contribution in [0.5, 0.6) is 17.2 Å². The molecule has 0 spiro atoms. The third kappa shape index (κ3) is 6.57. The first kappa shape index (κ1) is 21.2. The Bertz CT molecular complexity index is 824. The second-order valence-corrected chi connectivity index (χ2v) is 5.62. The molecular weight excluding hydrogens is 368 g/mol. The molecule has 0 bridgehead atoms. The van der Waals surface area contributed by atoms with Gasteiger partial charge in [-0.15, -0.1) is 0 Å². The fraction of sp³-hybridized carbons (Fsp3) is 0.286. The van der Waals surface area contributed by atoms with Gasteiger partial charge in [-0.3, -0.25) is 4.79 Å². The predicted octanol–water partition coefficient (Wildman–Crippen LogP) is 3.97. The minimum atomic E-state index is -0.980. The molecule has 0 aliphatic carbocycles. The number of ether oxygens (including phenoxy) is 3. The molecule has 0 aliphatic rings. The molecule has 0 aromatic heterocycles. The van der Waals surface area contributed by atoms with Crippen LogP contribution in [0.3, 0.4) is 0 Å². The van der Waals surface area contributed by atoms with Crippen LogP contribution in [-0.2, 0) is 4.79 Å². The molecule has 150 valence electrons. The lowest BCUT2D eigenvalue weighted by atomic mass is 10.2. The molecule has 0 fully saturated rings. The second kappa shape index (κ2) is 10.9. The maximum atomic E-state index is 13.1. The molecule has 0 atom stereocenters. The van der Waals surface area contributed by atoms with Gasteiger partial charge in [-0.1, -0.05) is 6.07 Å². The van der Waals surface area contributed by atoms with Crippen molar-refractivity contribution >= 4 is 12.0 Å². The van der Waals surface area contributed by atoms with Gasteiger partial charge in [0, 0.05) is 12.1 Å². The van der Waals surface area contributed by atoms with Crippen LogP contribution in [0, 0.1) is 11.6 Å². The molecular formula is C21H23F2NO4. The van der Waals surface area contributed by atoms with E-state index in [1.54, 1.807) is 18.2 Å². The topological polar surface area (TPSA) is 56.8 Å². The Morgan fingerprint density at radius 2 is 1.71 bits per heavy atom. The SMILES string of the molecule is CCOc1ccc(/C=C/C(=O)NCCOc2ccc(F)c(F)c2)cc1OCC. The van der Waals surface area contributed by atoms with Gasteiger partial charge in [0.2, 0.25) is 5.91 Å². The highest BCUT2D eigenvalue weighted by Crippen LogP contribution is 2.29. The van der Waals surface area contributed by atoms with Crippen molar-refractivity contribution in [2.75, 3.05) is 26.4 Å². The van der Waals surface area contributed by atoms with Gasteiger partial charge in [-0.05, 0) is 49.8 Å². The largest absolute Gasteiger partial charge is 0.492 e. The minimum absolute atomic E-state index is 0.127. The fourth-order valence-electron chi connectivity index (χ4n) is 2.31. The first-order valence-electron chi connectivity index (χ1n) is 8.97. The summed E-state index contributed by atoms with van der Waals surface area (Å²) in [6.07, 6.45) is 3.05. The molecule has 7 heteroatoms. The van der Waals surface area contributed by atoms with E-state index in [0.29, 0.717) is 24.7 Å². The molecule has 28 heavy (non-hydrogen) atoms. The number of hydrogen-bond donors (Lipinski definition) is 1. The first-order chi connectivity index (χ1) is 13.5. The summed E-state index contributed by atoms with van der Waals surface area (Å²) >= 11 is 0. The fourth-order valence-corrected chi connectivity index (χ4v) is 2.31. The monoisotopic (exact) mass is 391 g/mol. The molecule has 2 aromatic rings. The van der Waals surface area contributed by atoms with E-state index in [9.17, 15) is 13.6 Å². The van der Waals surface area contributed by atoms with Crippen molar-refractivity contribution in [1.29, 1.82) is 0 Å². The van der Waals surface area contributed by atoms with E-state index in [-0.39, 0.29) is 24.8 Å². The summed E-state index contributed by atoms with van der Waals surface area (Å²) in [5.41, 5.74) is 0.792. The Hall–Kier alpha value is -3.09. The van der Waals surface area contributed by atoms with Gasteiger partial charge in [0.1, 0.15) is 12.4 Å². The van der Waals surface area contributed by atoms with Crippen molar-refractivity contribution < 1.29 is 27.8 Å². The molecule has 0 saturated heterocycles. The number of carbonyl (C=O) groups is 1. The molecule has 0 radical (unpaired) electrons. The Morgan fingerprint density at radius 1 is 0.964 bits per heavy atom. The van der Waals surface area contributed by atoms with E-state index in [1.807, 2.05) is 19.9 Å². The summed E-state index contributed by atoms with van der Waals surface area (Å²) in [6, 6.07) is 8.68. The van der Waals surface area contributed by atoms with Gasteiger partial charge in [0.05, 0.1) is 19.8 Å². The quantitative estimate of drug-likeness (QED) is 0.492. The summed E-state index contributed by atoms with van der Waals surface area (Å²) in [7, 11) is 0. The van der Waals surface area contributed by atoms with E-state index < -0.39 is 11.6 Å². The van der Waals surface area contributed by atoms with Crippen LogP contribution in [-0.4, -0.2) is 32.3 Å². The number of amides is 1. The van der Waals surface area contributed by atoms with Crippen LogP contribution in [0.25, 0.3) is 6.08 Å².